The number of benzene rings is 1. The van der Waals surface area contributed by atoms with Crippen molar-refractivity contribution in [2.45, 2.75) is 0 Å². The SMILES string of the molecule is N#Cc1[nH]c2c(C#N)c(-c3ccccc3)c(Cl)n2c1C#N. The molecule has 5 nitrogen and oxygen atoms in total. The lowest BCUT2D eigenvalue weighted by Crippen LogP contribution is -1.88. The maximum absolute atomic E-state index is 9.43. The second-order valence-corrected chi connectivity index (χ2v) is 4.63. The molecule has 0 unspecified atom stereocenters. The molecule has 21 heavy (non-hydrogen) atoms. The molecule has 0 saturated heterocycles. The number of H-pyrrole nitrogens is 1. The Hall–Kier alpha value is -3.20. The van der Waals surface area contributed by atoms with Gasteiger partial charge in [0, 0.05) is 5.56 Å². The summed E-state index contributed by atoms with van der Waals surface area (Å²) in [5, 5.41) is 27.9. The number of nitriles is 3. The molecule has 0 atom stereocenters. The van der Waals surface area contributed by atoms with Gasteiger partial charge < -0.3 is 4.98 Å². The second kappa shape index (κ2) is 4.72. The smallest absolute Gasteiger partial charge is 0.161 e. The summed E-state index contributed by atoms with van der Waals surface area (Å²) in [4.78, 5) is 2.79. The summed E-state index contributed by atoms with van der Waals surface area (Å²) >= 11 is 6.36. The van der Waals surface area contributed by atoms with Crippen LogP contribution in [0, 0.1) is 34.0 Å². The number of nitrogens with zero attached hydrogens (tertiary/aromatic N) is 4. The number of imidazole rings is 1. The maximum Gasteiger partial charge on any atom is 0.161 e. The lowest BCUT2D eigenvalue weighted by Gasteiger charge is -2.00. The van der Waals surface area contributed by atoms with Crippen LogP contribution in [0.25, 0.3) is 16.8 Å². The zero-order chi connectivity index (χ0) is 15.0. The van der Waals surface area contributed by atoms with Crippen LogP contribution in [0.4, 0.5) is 0 Å². The van der Waals surface area contributed by atoms with E-state index >= 15 is 0 Å². The van der Waals surface area contributed by atoms with Gasteiger partial charge in [-0.15, -0.1) is 0 Å². The van der Waals surface area contributed by atoms with Crippen LogP contribution in [0.2, 0.25) is 5.15 Å². The Morgan fingerprint density at radius 2 is 1.71 bits per heavy atom. The lowest BCUT2D eigenvalue weighted by molar-refractivity contribution is 1.18. The van der Waals surface area contributed by atoms with E-state index in [2.05, 4.69) is 11.1 Å². The Morgan fingerprint density at radius 3 is 2.29 bits per heavy atom. The summed E-state index contributed by atoms with van der Waals surface area (Å²) in [6.07, 6.45) is 0. The van der Waals surface area contributed by atoms with Crippen molar-refractivity contribution < 1.29 is 0 Å². The van der Waals surface area contributed by atoms with Gasteiger partial charge in [-0.2, -0.15) is 15.8 Å². The van der Waals surface area contributed by atoms with Crippen LogP contribution in [0.1, 0.15) is 17.0 Å². The van der Waals surface area contributed by atoms with Crippen LogP contribution in [-0.4, -0.2) is 9.38 Å². The quantitative estimate of drug-likeness (QED) is 0.746. The Labute approximate surface area is 124 Å². The summed E-state index contributed by atoms with van der Waals surface area (Å²) in [5.41, 5.74) is 2.17. The van der Waals surface area contributed by atoms with Gasteiger partial charge in [0.1, 0.15) is 34.6 Å². The van der Waals surface area contributed by atoms with E-state index in [4.69, 9.17) is 16.9 Å². The van der Waals surface area contributed by atoms with E-state index in [0.717, 1.165) is 5.56 Å². The van der Waals surface area contributed by atoms with Gasteiger partial charge in [0.05, 0.1) is 0 Å². The first-order valence-corrected chi connectivity index (χ1v) is 6.32. The first-order chi connectivity index (χ1) is 10.2. The van der Waals surface area contributed by atoms with Crippen molar-refractivity contribution in [3.63, 3.8) is 0 Å². The molecule has 3 rings (SSSR count). The summed E-state index contributed by atoms with van der Waals surface area (Å²) in [5.74, 6) is 0. The number of hydrogen-bond acceptors (Lipinski definition) is 3. The summed E-state index contributed by atoms with van der Waals surface area (Å²) in [6, 6.07) is 15.1. The largest absolute Gasteiger partial charge is 0.329 e. The molecule has 0 saturated carbocycles. The van der Waals surface area contributed by atoms with E-state index in [9.17, 15) is 10.5 Å². The Bertz CT molecular complexity index is 974. The van der Waals surface area contributed by atoms with Crippen molar-refractivity contribution in [3.8, 4) is 29.3 Å². The van der Waals surface area contributed by atoms with Gasteiger partial charge in [-0.25, -0.2) is 0 Å². The van der Waals surface area contributed by atoms with Gasteiger partial charge in [0.25, 0.3) is 0 Å². The highest BCUT2D eigenvalue weighted by Crippen LogP contribution is 2.37. The topological polar surface area (TPSA) is 91.6 Å². The molecule has 0 bridgehead atoms. The highest BCUT2D eigenvalue weighted by molar-refractivity contribution is 6.33. The van der Waals surface area contributed by atoms with Crippen molar-refractivity contribution in [1.82, 2.24) is 9.38 Å². The first-order valence-electron chi connectivity index (χ1n) is 5.94. The molecular formula is C15H6ClN5. The number of hydrogen-bond donors (Lipinski definition) is 1. The molecule has 6 heteroatoms. The highest BCUT2D eigenvalue weighted by atomic mass is 35.5. The summed E-state index contributed by atoms with van der Waals surface area (Å²) < 4.78 is 1.40. The molecule has 0 radical (unpaired) electrons. The van der Waals surface area contributed by atoms with E-state index in [1.807, 2.05) is 42.5 Å². The van der Waals surface area contributed by atoms with Crippen molar-refractivity contribution in [2.75, 3.05) is 0 Å². The molecule has 0 aliphatic rings. The maximum atomic E-state index is 9.43. The molecule has 1 N–H and O–H groups in total. The monoisotopic (exact) mass is 291 g/mol. The Balaban J connectivity index is 2.48. The zero-order valence-corrected chi connectivity index (χ0v) is 11.3. The van der Waals surface area contributed by atoms with Crippen LogP contribution in [-0.2, 0) is 0 Å². The third-order valence-electron chi connectivity index (χ3n) is 3.21. The standard InChI is InChI=1S/C15H6ClN5/c16-14-13(9-4-2-1-3-5-9)10(6-17)15-20-11(7-18)12(8-19)21(14)15/h1-5,20H. The van der Waals surface area contributed by atoms with Crippen LogP contribution in [0.15, 0.2) is 30.3 Å². The molecule has 0 fully saturated rings. The lowest BCUT2D eigenvalue weighted by atomic mass is 10.1. The molecule has 0 amide bonds. The third kappa shape index (κ3) is 1.68. The molecule has 2 heterocycles. The molecular weight excluding hydrogens is 286 g/mol. The van der Waals surface area contributed by atoms with Crippen LogP contribution < -0.4 is 0 Å². The molecule has 0 spiro atoms. The average Bonchev–Trinajstić information content (AvgIpc) is 3.02. The van der Waals surface area contributed by atoms with Crippen LogP contribution >= 0.6 is 11.6 Å². The van der Waals surface area contributed by atoms with Gasteiger partial charge >= 0.3 is 0 Å². The third-order valence-corrected chi connectivity index (χ3v) is 3.57. The highest BCUT2D eigenvalue weighted by Gasteiger charge is 2.24. The number of aromatic nitrogens is 2. The van der Waals surface area contributed by atoms with Crippen molar-refractivity contribution >= 4 is 17.2 Å². The molecule has 0 aliphatic heterocycles. The number of rotatable bonds is 1. The average molecular weight is 292 g/mol. The minimum Gasteiger partial charge on any atom is -0.329 e. The van der Waals surface area contributed by atoms with Gasteiger partial charge in [-0.1, -0.05) is 41.9 Å². The number of aromatic amines is 1. The van der Waals surface area contributed by atoms with Gasteiger partial charge in [0.15, 0.2) is 11.4 Å². The van der Waals surface area contributed by atoms with E-state index in [1.165, 1.54) is 4.40 Å². The van der Waals surface area contributed by atoms with E-state index in [1.54, 1.807) is 0 Å². The summed E-state index contributed by atoms with van der Waals surface area (Å²) in [6.45, 7) is 0. The fourth-order valence-corrected chi connectivity index (χ4v) is 2.70. The Morgan fingerprint density at radius 1 is 1.00 bits per heavy atom. The minimum absolute atomic E-state index is 0.0884. The van der Waals surface area contributed by atoms with E-state index < -0.39 is 0 Å². The molecule has 98 valence electrons. The predicted octanol–water partition coefficient (Wildman–Crippen LogP) is 3.20. The van der Waals surface area contributed by atoms with Gasteiger partial charge in [-0.3, -0.25) is 4.40 Å². The van der Waals surface area contributed by atoms with Crippen molar-refractivity contribution in [2.24, 2.45) is 0 Å². The number of fused-ring (bicyclic) bond motifs is 1. The molecule has 3 aromatic rings. The van der Waals surface area contributed by atoms with Gasteiger partial charge in [-0.05, 0) is 5.56 Å². The minimum atomic E-state index is 0.0884. The number of nitrogens with one attached hydrogen (secondary N) is 1. The molecule has 1 aromatic carbocycles. The first kappa shape index (κ1) is 12.8. The van der Waals surface area contributed by atoms with E-state index in [-0.39, 0.29) is 16.5 Å². The van der Waals surface area contributed by atoms with Crippen molar-refractivity contribution in [3.05, 3.63) is 52.4 Å². The van der Waals surface area contributed by atoms with E-state index in [0.29, 0.717) is 16.8 Å². The van der Waals surface area contributed by atoms with Crippen LogP contribution in [0.5, 0.6) is 0 Å². The van der Waals surface area contributed by atoms with Crippen LogP contribution in [0.3, 0.4) is 0 Å². The molecule has 2 aromatic heterocycles. The Kier molecular flexibility index (Phi) is 2.88. The zero-order valence-electron chi connectivity index (χ0n) is 10.6. The molecule has 0 aliphatic carbocycles. The predicted molar refractivity (Wildman–Crippen MR) is 76.3 cm³/mol. The second-order valence-electron chi connectivity index (χ2n) is 4.27. The number of halogens is 1. The fourth-order valence-electron chi connectivity index (χ4n) is 2.33. The summed E-state index contributed by atoms with van der Waals surface area (Å²) in [7, 11) is 0. The van der Waals surface area contributed by atoms with Gasteiger partial charge in [0.2, 0.25) is 0 Å². The fraction of sp³-hybridized carbons (Fsp3) is 0. The normalized spacial score (nSPS) is 10.0. The van der Waals surface area contributed by atoms with Crippen molar-refractivity contribution in [1.29, 1.82) is 15.8 Å².